The van der Waals surface area contributed by atoms with Gasteiger partial charge in [-0.25, -0.2) is 4.98 Å². The number of rotatable bonds is 2. The fourth-order valence-corrected chi connectivity index (χ4v) is 4.77. The Morgan fingerprint density at radius 1 is 1.41 bits per heavy atom. The topological polar surface area (TPSA) is 49.0 Å². The van der Waals surface area contributed by atoms with Crippen molar-refractivity contribution in [2.75, 3.05) is 13.1 Å². The third-order valence-electron chi connectivity index (χ3n) is 4.88. The standard InChI is InChI=1S/C17H21N3OS/c1-11-8-18-16(19-11)12-6-7-20(9-12)17(21)14-10-22-15-5-3-2-4-13(14)15/h8,10,12H,2-7,9H2,1H3,(H,18,19). The number of thiophene rings is 1. The lowest BCUT2D eigenvalue weighted by molar-refractivity contribution is 0.0790. The monoisotopic (exact) mass is 315 g/mol. The molecule has 1 unspecified atom stereocenters. The molecule has 2 aromatic heterocycles. The average molecular weight is 315 g/mol. The maximum Gasteiger partial charge on any atom is 0.255 e. The summed E-state index contributed by atoms with van der Waals surface area (Å²) in [4.78, 5) is 24.1. The molecule has 0 spiro atoms. The van der Waals surface area contributed by atoms with E-state index in [1.807, 2.05) is 18.0 Å². The quantitative estimate of drug-likeness (QED) is 0.924. The van der Waals surface area contributed by atoms with Crippen LogP contribution in [-0.2, 0) is 12.8 Å². The van der Waals surface area contributed by atoms with Crippen LogP contribution < -0.4 is 0 Å². The van der Waals surface area contributed by atoms with Crippen LogP contribution in [0.5, 0.6) is 0 Å². The molecule has 1 atom stereocenters. The minimum atomic E-state index is 0.227. The number of H-pyrrole nitrogens is 1. The molecule has 116 valence electrons. The molecule has 1 saturated heterocycles. The van der Waals surface area contributed by atoms with Gasteiger partial charge in [-0.15, -0.1) is 11.3 Å². The smallest absolute Gasteiger partial charge is 0.255 e. The van der Waals surface area contributed by atoms with Crippen LogP contribution in [0.1, 0.15) is 57.5 Å². The fourth-order valence-electron chi connectivity index (χ4n) is 3.65. The van der Waals surface area contributed by atoms with E-state index in [9.17, 15) is 4.79 Å². The number of nitrogens with zero attached hydrogens (tertiary/aromatic N) is 2. The van der Waals surface area contributed by atoms with Crippen molar-refractivity contribution in [2.24, 2.45) is 0 Å². The van der Waals surface area contributed by atoms with E-state index in [0.29, 0.717) is 5.92 Å². The average Bonchev–Trinajstić information content (AvgIpc) is 3.25. The van der Waals surface area contributed by atoms with E-state index < -0.39 is 0 Å². The van der Waals surface area contributed by atoms with Crippen LogP contribution in [-0.4, -0.2) is 33.9 Å². The number of likely N-dealkylation sites (tertiary alicyclic amines) is 1. The highest BCUT2D eigenvalue weighted by Crippen LogP contribution is 2.33. The van der Waals surface area contributed by atoms with E-state index in [1.165, 1.54) is 23.3 Å². The van der Waals surface area contributed by atoms with Gasteiger partial charge in [-0.2, -0.15) is 0 Å². The number of amides is 1. The minimum absolute atomic E-state index is 0.227. The number of carbonyl (C=O) groups is 1. The first-order chi connectivity index (χ1) is 10.7. The molecule has 2 aliphatic rings. The molecule has 1 fully saturated rings. The van der Waals surface area contributed by atoms with Gasteiger partial charge >= 0.3 is 0 Å². The number of aryl methyl sites for hydroxylation is 2. The van der Waals surface area contributed by atoms with Crippen LogP contribution in [0, 0.1) is 6.92 Å². The number of hydrogen-bond acceptors (Lipinski definition) is 3. The highest BCUT2D eigenvalue weighted by molar-refractivity contribution is 7.10. The second-order valence-electron chi connectivity index (χ2n) is 6.45. The van der Waals surface area contributed by atoms with Gasteiger partial charge in [0.15, 0.2) is 0 Å². The van der Waals surface area contributed by atoms with Gasteiger partial charge in [0.2, 0.25) is 0 Å². The predicted octanol–water partition coefficient (Wildman–Crippen LogP) is 3.29. The van der Waals surface area contributed by atoms with Crippen molar-refractivity contribution in [3.05, 3.63) is 39.1 Å². The van der Waals surface area contributed by atoms with Crippen molar-refractivity contribution in [3.8, 4) is 0 Å². The number of imidazole rings is 1. The van der Waals surface area contributed by atoms with Crippen molar-refractivity contribution in [2.45, 2.75) is 44.9 Å². The predicted molar refractivity (Wildman–Crippen MR) is 87.5 cm³/mol. The summed E-state index contributed by atoms with van der Waals surface area (Å²) in [7, 11) is 0. The second-order valence-corrected chi connectivity index (χ2v) is 7.41. The number of carbonyl (C=O) groups excluding carboxylic acids is 1. The molecule has 22 heavy (non-hydrogen) atoms. The molecule has 1 N–H and O–H groups in total. The molecule has 4 nitrogen and oxygen atoms in total. The first kappa shape index (κ1) is 14.0. The molecular weight excluding hydrogens is 294 g/mol. The van der Waals surface area contributed by atoms with E-state index in [2.05, 4.69) is 15.3 Å². The van der Waals surface area contributed by atoms with Crippen molar-refractivity contribution in [3.63, 3.8) is 0 Å². The van der Waals surface area contributed by atoms with Crippen molar-refractivity contribution in [1.82, 2.24) is 14.9 Å². The maximum absolute atomic E-state index is 12.9. The van der Waals surface area contributed by atoms with Gasteiger partial charge in [0.05, 0.1) is 5.56 Å². The van der Waals surface area contributed by atoms with E-state index >= 15 is 0 Å². The summed E-state index contributed by atoms with van der Waals surface area (Å²) in [5, 5.41) is 2.09. The summed E-state index contributed by atoms with van der Waals surface area (Å²) in [6.45, 7) is 3.65. The number of aromatic amines is 1. The summed E-state index contributed by atoms with van der Waals surface area (Å²) in [5.74, 6) is 1.61. The highest BCUT2D eigenvalue weighted by Gasteiger charge is 2.31. The first-order valence-corrected chi connectivity index (χ1v) is 9.00. The van der Waals surface area contributed by atoms with Crippen molar-refractivity contribution in [1.29, 1.82) is 0 Å². The van der Waals surface area contributed by atoms with Crippen molar-refractivity contribution >= 4 is 17.2 Å². The summed E-state index contributed by atoms with van der Waals surface area (Å²) in [5.41, 5.74) is 3.39. The zero-order chi connectivity index (χ0) is 15.1. The molecule has 1 aliphatic carbocycles. The Hall–Kier alpha value is -1.62. The SMILES string of the molecule is Cc1cnc(C2CCN(C(=O)c3csc4c3CCCC4)C2)[nH]1. The molecular formula is C17H21N3OS. The molecule has 5 heteroatoms. The van der Waals surface area contributed by atoms with Gasteiger partial charge in [0, 0.05) is 41.2 Å². The van der Waals surface area contributed by atoms with Crippen LogP contribution >= 0.6 is 11.3 Å². The Balaban J connectivity index is 1.51. The first-order valence-electron chi connectivity index (χ1n) is 8.12. The van der Waals surface area contributed by atoms with Crippen LogP contribution in [0.15, 0.2) is 11.6 Å². The summed E-state index contributed by atoms with van der Waals surface area (Å²) in [6.07, 6.45) is 7.60. The van der Waals surface area contributed by atoms with Gasteiger partial charge in [-0.1, -0.05) is 0 Å². The third-order valence-corrected chi connectivity index (χ3v) is 5.97. The molecule has 1 amide bonds. The number of hydrogen-bond donors (Lipinski definition) is 1. The van der Waals surface area contributed by atoms with E-state index in [1.54, 1.807) is 11.3 Å². The molecule has 4 rings (SSSR count). The Morgan fingerprint density at radius 2 is 2.27 bits per heavy atom. The Morgan fingerprint density at radius 3 is 3.09 bits per heavy atom. The van der Waals surface area contributed by atoms with Gasteiger partial charge in [-0.05, 0) is 44.6 Å². The summed E-state index contributed by atoms with van der Waals surface area (Å²) >= 11 is 1.77. The van der Waals surface area contributed by atoms with Crippen LogP contribution in [0.4, 0.5) is 0 Å². The van der Waals surface area contributed by atoms with Crippen LogP contribution in [0.2, 0.25) is 0 Å². The molecule has 0 radical (unpaired) electrons. The Bertz CT molecular complexity index is 703. The molecule has 2 aromatic rings. The highest BCUT2D eigenvalue weighted by atomic mass is 32.1. The Labute approximate surface area is 134 Å². The van der Waals surface area contributed by atoms with Gasteiger partial charge in [0.1, 0.15) is 5.82 Å². The molecule has 3 heterocycles. The molecule has 0 saturated carbocycles. The van der Waals surface area contributed by atoms with Crippen LogP contribution in [0.3, 0.4) is 0 Å². The number of fused-ring (bicyclic) bond motifs is 1. The molecule has 1 aliphatic heterocycles. The second kappa shape index (κ2) is 5.54. The van der Waals surface area contributed by atoms with Gasteiger partial charge < -0.3 is 9.88 Å². The lowest BCUT2D eigenvalue weighted by Crippen LogP contribution is -2.29. The third kappa shape index (κ3) is 2.37. The zero-order valence-corrected chi connectivity index (χ0v) is 13.7. The van der Waals surface area contributed by atoms with E-state index in [-0.39, 0.29) is 5.91 Å². The largest absolute Gasteiger partial charge is 0.346 e. The summed E-state index contributed by atoms with van der Waals surface area (Å²) < 4.78 is 0. The van der Waals surface area contributed by atoms with E-state index in [4.69, 9.17) is 0 Å². The maximum atomic E-state index is 12.9. The number of nitrogens with one attached hydrogen (secondary N) is 1. The van der Waals surface area contributed by atoms with Crippen molar-refractivity contribution < 1.29 is 4.79 Å². The van der Waals surface area contributed by atoms with Gasteiger partial charge in [-0.3, -0.25) is 4.79 Å². The number of aromatic nitrogens is 2. The lowest BCUT2D eigenvalue weighted by Gasteiger charge is -2.18. The zero-order valence-electron chi connectivity index (χ0n) is 12.9. The van der Waals surface area contributed by atoms with E-state index in [0.717, 1.165) is 49.4 Å². The summed E-state index contributed by atoms with van der Waals surface area (Å²) in [6, 6.07) is 0. The fraction of sp³-hybridized carbons (Fsp3) is 0.529. The lowest BCUT2D eigenvalue weighted by atomic mass is 9.95. The molecule has 0 bridgehead atoms. The minimum Gasteiger partial charge on any atom is -0.346 e. The van der Waals surface area contributed by atoms with Gasteiger partial charge in [0.25, 0.3) is 5.91 Å². The Kier molecular flexibility index (Phi) is 3.53. The normalized spacial score (nSPS) is 21.1. The molecule has 0 aromatic carbocycles. The van der Waals surface area contributed by atoms with Crippen LogP contribution in [0.25, 0.3) is 0 Å².